The van der Waals surface area contributed by atoms with Gasteiger partial charge < -0.3 is 0 Å². The first-order chi connectivity index (χ1) is 9.51. The number of nitrogens with one attached hydrogen (secondary N) is 1. The first kappa shape index (κ1) is 15.8. The molecule has 0 heterocycles. The molecule has 0 aliphatic rings. The maximum Gasteiger partial charge on any atom is 0.129 e. The number of hydrogen-bond acceptors (Lipinski definition) is 2. The fourth-order valence-electron chi connectivity index (χ4n) is 1.95. The third-order valence-electron chi connectivity index (χ3n) is 2.97. The van der Waals surface area contributed by atoms with Crippen LogP contribution in [0.25, 0.3) is 0 Å². The van der Waals surface area contributed by atoms with E-state index in [2.05, 4.69) is 43.9 Å². The minimum Gasteiger partial charge on any atom is -0.271 e. The lowest BCUT2D eigenvalue weighted by molar-refractivity contribution is 0.520. The van der Waals surface area contributed by atoms with Gasteiger partial charge >= 0.3 is 0 Å². The molecule has 0 spiro atoms. The molecule has 1 unspecified atom stereocenters. The Kier molecular flexibility index (Phi) is 5.48. The highest BCUT2D eigenvalue weighted by Gasteiger charge is 2.16. The van der Waals surface area contributed by atoms with Crippen LogP contribution in [0.4, 0.5) is 8.78 Å². The van der Waals surface area contributed by atoms with Gasteiger partial charge in [-0.05, 0) is 64.4 Å². The quantitative estimate of drug-likeness (QED) is 0.416. The molecule has 0 aromatic heterocycles. The Morgan fingerprint density at radius 3 is 2.60 bits per heavy atom. The van der Waals surface area contributed by atoms with Gasteiger partial charge in [-0.25, -0.2) is 8.78 Å². The van der Waals surface area contributed by atoms with Crippen molar-refractivity contribution < 1.29 is 8.78 Å². The van der Waals surface area contributed by atoms with Crippen LogP contribution in [-0.2, 0) is 6.42 Å². The SMILES string of the molecule is NNC(Cc1ccc(F)cc1F)c1cc(I)ccc1Br. The lowest BCUT2D eigenvalue weighted by Gasteiger charge is -2.18. The Labute approximate surface area is 138 Å². The molecule has 3 N–H and O–H groups in total. The zero-order valence-electron chi connectivity index (χ0n) is 10.3. The average molecular weight is 453 g/mol. The van der Waals surface area contributed by atoms with Crippen molar-refractivity contribution in [3.63, 3.8) is 0 Å². The standard InChI is InChI=1S/C14H12BrF2IN2/c15-12-4-3-10(18)7-11(12)14(20-19)5-8-1-2-9(16)6-13(8)17/h1-4,6-7,14,20H,5,19H2. The van der Waals surface area contributed by atoms with E-state index in [1.807, 2.05) is 18.2 Å². The fraction of sp³-hybridized carbons (Fsp3) is 0.143. The van der Waals surface area contributed by atoms with Gasteiger partial charge in [0.05, 0.1) is 6.04 Å². The van der Waals surface area contributed by atoms with Crippen LogP contribution in [-0.4, -0.2) is 0 Å². The van der Waals surface area contributed by atoms with E-state index in [-0.39, 0.29) is 6.04 Å². The summed E-state index contributed by atoms with van der Waals surface area (Å²) in [5.41, 5.74) is 4.03. The minimum absolute atomic E-state index is 0.265. The average Bonchev–Trinajstić information content (AvgIpc) is 2.41. The van der Waals surface area contributed by atoms with Gasteiger partial charge in [0.1, 0.15) is 11.6 Å². The lowest BCUT2D eigenvalue weighted by Crippen LogP contribution is -2.30. The second-order valence-corrected chi connectivity index (χ2v) is 6.42. The van der Waals surface area contributed by atoms with Crippen LogP contribution in [0.1, 0.15) is 17.2 Å². The monoisotopic (exact) mass is 452 g/mol. The van der Waals surface area contributed by atoms with Gasteiger partial charge in [0.25, 0.3) is 0 Å². The molecule has 0 aliphatic carbocycles. The number of nitrogens with two attached hydrogens (primary N) is 1. The number of hydrazine groups is 1. The van der Waals surface area contributed by atoms with Gasteiger partial charge in [-0.2, -0.15) is 0 Å². The highest BCUT2D eigenvalue weighted by Crippen LogP contribution is 2.28. The molecule has 0 saturated carbocycles. The van der Waals surface area contributed by atoms with Gasteiger partial charge in [-0.15, -0.1) is 0 Å². The molecule has 1 atom stereocenters. The molecule has 2 rings (SSSR count). The summed E-state index contributed by atoms with van der Waals surface area (Å²) in [7, 11) is 0. The maximum absolute atomic E-state index is 13.7. The second kappa shape index (κ2) is 6.93. The summed E-state index contributed by atoms with van der Waals surface area (Å²) in [5.74, 6) is 4.43. The molecule has 20 heavy (non-hydrogen) atoms. The molecular weight excluding hydrogens is 441 g/mol. The van der Waals surface area contributed by atoms with Crippen LogP contribution in [0.3, 0.4) is 0 Å². The van der Waals surface area contributed by atoms with E-state index >= 15 is 0 Å². The van der Waals surface area contributed by atoms with Crippen molar-refractivity contribution in [1.82, 2.24) is 5.43 Å². The molecule has 2 aromatic rings. The van der Waals surface area contributed by atoms with Crippen molar-refractivity contribution in [3.8, 4) is 0 Å². The molecule has 6 heteroatoms. The summed E-state index contributed by atoms with van der Waals surface area (Å²) < 4.78 is 28.6. The van der Waals surface area contributed by atoms with Gasteiger partial charge in [-0.1, -0.05) is 22.0 Å². The second-order valence-electron chi connectivity index (χ2n) is 4.32. The Balaban J connectivity index is 2.31. The van der Waals surface area contributed by atoms with Crippen molar-refractivity contribution >= 4 is 38.5 Å². The first-order valence-corrected chi connectivity index (χ1v) is 7.73. The molecule has 2 nitrogen and oxygen atoms in total. The zero-order valence-corrected chi connectivity index (χ0v) is 14.1. The first-order valence-electron chi connectivity index (χ1n) is 5.86. The molecular formula is C14H12BrF2IN2. The van der Waals surface area contributed by atoms with Crippen LogP contribution in [0.5, 0.6) is 0 Å². The van der Waals surface area contributed by atoms with E-state index in [0.717, 1.165) is 19.7 Å². The van der Waals surface area contributed by atoms with Gasteiger partial charge in [0, 0.05) is 14.1 Å². The predicted octanol–water partition coefficient (Wildman–Crippen LogP) is 4.08. The smallest absolute Gasteiger partial charge is 0.129 e. The van der Waals surface area contributed by atoms with E-state index in [1.165, 1.54) is 12.1 Å². The van der Waals surface area contributed by atoms with Crippen LogP contribution in [0, 0.1) is 15.2 Å². The van der Waals surface area contributed by atoms with E-state index in [1.54, 1.807) is 0 Å². The molecule has 0 amide bonds. The topological polar surface area (TPSA) is 38.0 Å². The molecule has 0 aliphatic heterocycles. The van der Waals surface area contributed by atoms with Crippen molar-refractivity contribution in [2.45, 2.75) is 12.5 Å². The van der Waals surface area contributed by atoms with E-state index < -0.39 is 11.6 Å². The number of rotatable bonds is 4. The Bertz CT molecular complexity index is 622. The van der Waals surface area contributed by atoms with Crippen LogP contribution in [0.2, 0.25) is 0 Å². The summed E-state index contributed by atoms with van der Waals surface area (Å²) in [4.78, 5) is 0. The molecule has 0 saturated heterocycles. The predicted molar refractivity (Wildman–Crippen MR) is 87.0 cm³/mol. The van der Waals surface area contributed by atoms with Gasteiger partial charge in [-0.3, -0.25) is 11.3 Å². The number of benzene rings is 2. The summed E-state index contributed by atoms with van der Waals surface area (Å²) in [6.45, 7) is 0. The lowest BCUT2D eigenvalue weighted by atomic mass is 9.99. The van der Waals surface area contributed by atoms with Crippen molar-refractivity contribution in [2.24, 2.45) is 5.84 Å². The molecule has 0 radical (unpaired) electrons. The van der Waals surface area contributed by atoms with Crippen LogP contribution < -0.4 is 11.3 Å². The Morgan fingerprint density at radius 1 is 1.20 bits per heavy atom. The molecule has 0 bridgehead atoms. The van der Waals surface area contributed by atoms with E-state index in [4.69, 9.17) is 5.84 Å². The third kappa shape index (κ3) is 3.75. The third-order valence-corrected chi connectivity index (χ3v) is 4.37. The molecule has 0 fully saturated rings. The summed E-state index contributed by atoms with van der Waals surface area (Å²) in [6.07, 6.45) is 0.335. The van der Waals surface area contributed by atoms with Crippen molar-refractivity contribution in [3.05, 3.63) is 67.2 Å². The van der Waals surface area contributed by atoms with E-state index in [9.17, 15) is 8.78 Å². The number of halogens is 4. The highest BCUT2D eigenvalue weighted by molar-refractivity contribution is 14.1. The Morgan fingerprint density at radius 2 is 1.95 bits per heavy atom. The fourth-order valence-corrected chi connectivity index (χ4v) is 2.99. The largest absolute Gasteiger partial charge is 0.271 e. The van der Waals surface area contributed by atoms with Gasteiger partial charge in [0.2, 0.25) is 0 Å². The van der Waals surface area contributed by atoms with Crippen LogP contribution >= 0.6 is 38.5 Å². The van der Waals surface area contributed by atoms with Crippen molar-refractivity contribution in [2.75, 3.05) is 0 Å². The van der Waals surface area contributed by atoms with Crippen LogP contribution in [0.15, 0.2) is 40.9 Å². The number of hydrogen-bond donors (Lipinski definition) is 2. The molecule has 2 aromatic carbocycles. The van der Waals surface area contributed by atoms with Crippen molar-refractivity contribution in [1.29, 1.82) is 0 Å². The minimum atomic E-state index is -0.584. The van der Waals surface area contributed by atoms with Gasteiger partial charge in [0.15, 0.2) is 0 Å². The summed E-state index contributed by atoms with van der Waals surface area (Å²) in [6, 6.07) is 9.15. The zero-order chi connectivity index (χ0) is 14.7. The normalized spacial score (nSPS) is 12.4. The summed E-state index contributed by atoms with van der Waals surface area (Å²) >= 11 is 5.66. The van der Waals surface area contributed by atoms with E-state index in [0.29, 0.717) is 12.0 Å². The molecule has 106 valence electrons. The highest BCUT2D eigenvalue weighted by atomic mass is 127. The summed E-state index contributed by atoms with van der Waals surface area (Å²) in [5, 5.41) is 0. The Hall–Kier alpha value is -0.570. The maximum atomic E-state index is 13.7.